The lowest BCUT2D eigenvalue weighted by molar-refractivity contribution is -0.386. The predicted molar refractivity (Wildman–Crippen MR) is 72.2 cm³/mol. The summed E-state index contributed by atoms with van der Waals surface area (Å²) in [4.78, 5) is 22.1. The summed E-state index contributed by atoms with van der Waals surface area (Å²) in [6.45, 7) is -0.501. The lowest BCUT2D eigenvalue weighted by Crippen LogP contribution is -2.12. The van der Waals surface area contributed by atoms with Gasteiger partial charge in [-0.25, -0.2) is 4.39 Å². The number of nitrogens with zero attached hydrogens (tertiary/aromatic N) is 1. The summed E-state index contributed by atoms with van der Waals surface area (Å²) in [6, 6.07) is 6.38. The normalized spacial score (nSPS) is 10.3. The molecule has 2 aromatic rings. The Labute approximate surface area is 121 Å². The minimum atomic E-state index is -0.892. The summed E-state index contributed by atoms with van der Waals surface area (Å²) < 4.78 is 18.9. The Morgan fingerprint density at radius 3 is 2.75 bits per heavy atom. The van der Waals surface area contributed by atoms with Gasteiger partial charge in [-0.15, -0.1) is 11.3 Å². The summed E-state index contributed by atoms with van der Waals surface area (Å²) in [5, 5.41) is 10.8. The number of benzene rings is 1. The number of hydrogen-bond acceptors (Lipinski definition) is 5. The lowest BCUT2D eigenvalue weighted by Gasteiger charge is -2.06. The Morgan fingerprint density at radius 2 is 2.15 bits per heavy atom. The molecule has 0 aliphatic rings. The quantitative estimate of drug-likeness (QED) is 0.479. The summed E-state index contributed by atoms with van der Waals surface area (Å²) in [5.74, 6) is -1.87. The molecular formula is C12H7ClFNO4S. The Kier molecular flexibility index (Phi) is 4.31. The number of Topliss-reactive ketones (excluding diaryl/α,β-unsaturated/α-hetero) is 1. The molecule has 5 nitrogen and oxygen atoms in total. The monoisotopic (exact) mass is 315 g/mol. The first-order chi connectivity index (χ1) is 9.49. The zero-order valence-electron chi connectivity index (χ0n) is 9.84. The van der Waals surface area contributed by atoms with Crippen molar-refractivity contribution >= 4 is 34.4 Å². The largest absolute Gasteiger partial charge is 0.476 e. The number of thiophene rings is 1. The fraction of sp³-hybridized carbons (Fsp3) is 0.0833. The first kappa shape index (κ1) is 14.4. The van der Waals surface area contributed by atoms with E-state index < -0.39 is 34.6 Å². The van der Waals surface area contributed by atoms with Gasteiger partial charge >= 0.3 is 5.69 Å². The smallest absolute Gasteiger partial charge is 0.314 e. The van der Waals surface area contributed by atoms with Crippen molar-refractivity contribution in [3.8, 4) is 5.75 Å². The maximum atomic E-state index is 13.5. The van der Waals surface area contributed by atoms with E-state index in [0.29, 0.717) is 9.21 Å². The van der Waals surface area contributed by atoms with Crippen molar-refractivity contribution in [3.05, 3.63) is 55.5 Å². The number of nitro benzene ring substituents is 1. The summed E-state index contributed by atoms with van der Waals surface area (Å²) in [6.07, 6.45) is 0. The van der Waals surface area contributed by atoms with Crippen molar-refractivity contribution < 1.29 is 18.8 Å². The van der Waals surface area contributed by atoms with Crippen LogP contribution in [0.3, 0.4) is 0 Å². The third kappa shape index (κ3) is 3.12. The van der Waals surface area contributed by atoms with Gasteiger partial charge in [-0.05, 0) is 18.2 Å². The van der Waals surface area contributed by atoms with Crippen LogP contribution in [0.1, 0.15) is 9.67 Å². The van der Waals surface area contributed by atoms with Crippen LogP contribution in [0.2, 0.25) is 4.34 Å². The van der Waals surface area contributed by atoms with E-state index in [0.717, 1.165) is 23.5 Å². The summed E-state index contributed by atoms with van der Waals surface area (Å²) in [5.41, 5.74) is -0.526. The van der Waals surface area contributed by atoms with Gasteiger partial charge in [0.1, 0.15) is 0 Å². The number of ether oxygens (including phenoxy) is 1. The van der Waals surface area contributed by atoms with Gasteiger partial charge in [0.15, 0.2) is 12.4 Å². The minimum Gasteiger partial charge on any atom is -0.476 e. The van der Waals surface area contributed by atoms with E-state index >= 15 is 0 Å². The first-order valence-corrected chi connectivity index (χ1v) is 6.52. The molecule has 0 aliphatic carbocycles. The van der Waals surface area contributed by atoms with Crippen LogP contribution in [0.5, 0.6) is 5.75 Å². The number of nitro groups is 1. The molecule has 0 saturated carbocycles. The van der Waals surface area contributed by atoms with Crippen LogP contribution in [0.15, 0.2) is 30.3 Å². The van der Waals surface area contributed by atoms with Crippen molar-refractivity contribution in [2.75, 3.05) is 6.61 Å². The molecular weight excluding hydrogens is 309 g/mol. The van der Waals surface area contributed by atoms with Crippen LogP contribution in [-0.2, 0) is 0 Å². The number of para-hydroxylation sites is 1. The number of carbonyl (C=O) groups excluding carboxylic acids is 1. The van der Waals surface area contributed by atoms with Gasteiger partial charge in [-0.3, -0.25) is 14.9 Å². The van der Waals surface area contributed by atoms with Crippen molar-refractivity contribution in [3.63, 3.8) is 0 Å². The van der Waals surface area contributed by atoms with Gasteiger partial charge in [0.05, 0.1) is 14.1 Å². The molecule has 0 aliphatic heterocycles. The van der Waals surface area contributed by atoms with Crippen molar-refractivity contribution in [2.45, 2.75) is 0 Å². The average molecular weight is 316 g/mol. The number of ketones is 1. The molecule has 0 spiro atoms. The fourth-order valence-corrected chi connectivity index (χ4v) is 2.42. The second-order valence-corrected chi connectivity index (χ2v) is 5.38. The maximum Gasteiger partial charge on any atom is 0.314 e. The lowest BCUT2D eigenvalue weighted by atomic mass is 10.3. The number of hydrogen-bond donors (Lipinski definition) is 0. The van der Waals surface area contributed by atoms with Crippen LogP contribution < -0.4 is 4.74 Å². The topological polar surface area (TPSA) is 69.4 Å². The molecule has 0 unspecified atom stereocenters. The summed E-state index contributed by atoms with van der Waals surface area (Å²) >= 11 is 6.74. The Hall–Kier alpha value is -1.99. The van der Waals surface area contributed by atoms with Crippen LogP contribution in [0.25, 0.3) is 0 Å². The maximum absolute atomic E-state index is 13.5. The minimum absolute atomic E-state index is 0.342. The zero-order chi connectivity index (χ0) is 14.7. The Balaban J connectivity index is 2.15. The molecule has 0 N–H and O–H groups in total. The molecule has 2 rings (SSSR count). The van der Waals surface area contributed by atoms with Gasteiger partial charge in [-0.1, -0.05) is 17.7 Å². The van der Waals surface area contributed by atoms with Crippen LogP contribution in [0.4, 0.5) is 10.1 Å². The molecule has 1 aromatic carbocycles. The van der Waals surface area contributed by atoms with E-state index in [1.165, 1.54) is 12.1 Å². The molecule has 8 heteroatoms. The van der Waals surface area contributed by atoms with Gasteiger partial charge < -0.3 is 4.74 Å². The molecule has 0 amide bonds. The Bertz CT molecular complexity index is 673. The van der Waals surface area contributed by atoms with Gasteiger partial charge in [0, 0.05) is 6.07 Å². The molecule has 1 heterocycles. The number of rotatable bonds is 5. The molecule has 0 radical (unpaired) electrons. The Morgan fingerprint density at radius 1 is 1.40 bits per heavy atom. The molecule has 104 valence electrons. The summed E-state index contributed by atoms with van der Waals surface area (Å²) in [7, 11) is 0. The molecule has 0 bridgehead atoms. The van der Waals surface area contributed by atoms with Crippen molar-refractivity contribution in [2.24, 2.45) is 0 Å². The average Bonchev–Trinajstić information content (AvgIpc) is 2.83. The fourth-order valence-electron chi connectivity index (χ4n) is 1.46. The van der Waals surface area contributed by atoms with E-state index in [9.17, 15) is 19.3 Å². The van der Waals surface area contributed by atoms with Crippen LogP contribution >= 0.6 is 22.9 Å². The molecule has 1 aromatic heterocycles. The number of halogens is 2. The zero-order valence-corrected chi connectivity index (χ0v) is 11.4. The highest BCUT2D eigenvalue weighted by Crippen LogP contribution is 2.30. The van der Waals surface area contributed by atoms with Gasteiger partial charge in [0.25, 0.3) is 0 Å². The van der Waals surface area contributed by atoms with Gasteiger partial charge in [0.2, 0.25) is 11.5 Å². The standard InChI is InChI=1S/C12H7ClFNO4S/c13-11-5-4-10(20-11)9(16)6-19-12-7(14)2-1-3-8(12)15(17)18/h1-5H,6H2. The van der Waals surface area contributed by atoms with E-state index in [1.54, 1.807) is 6.07 Å². The second-order valence-electron chi connectivity index (χ2n) is 3.66. The number of carbonyl (C=O) groups is 1. The molecule has 0 saturated heterocycles. The predicted octanol–water partition coefficient (Wildman–Crippen LogP) is 3.71. The third-order valence-electron chi connectivity index (χ3n) is 2.34. The first-order valence-electron chi connectivity index (χ1n) is 5.33. The molecule has 0 atom stereocenters. The van der Waals surface area contributed by atoms with Crippen molar-refractivity contribution in [1.82, 2.24) is 0 Å². The van der Waals surface area contributed by atoms with Crippen LogP contribution in [0, 0.1) is 15.9 Å². The van der Waals surface area contributed by atoms with E-state index in [2.05, 4.69) is 0 Å². The SMILES string of the molecule is O=C(COc1c(F)cccc1[N+](=O)[O-])c1ccc(Cl)s1. The second kappa shape index (κ2) is 5.98. The highest BCUT2D eigenvalue weighted by Gasteiger charge is 2.21. The molecule has 20 heavy (non-hydrogen) atoms. The third-order valence-corrected chi connectivity index (χ3v) is 3.61. The van der Waals surface area contributed by atoms with Crippen LogP contribution in [-0.4, -0.2) is 17.3 Å². The highest BCUT2D eigenvalue weighted by atomic mass is 35.5. The van der Waals surface area contributed by atoms with E-state index in [1.807, 2.05) is 0 Å². The van der Waals surface area contributed by atoms with Crippen molar-refractivity contribution in [1.29, 1.82) is 0 Å². The van der Waals surface area contributed by atoms with E-state index in [-0.39, 0.29) is 0 Å². The van der Waals surface area contributed by atoms with E-state index in [4.69, 9.17) is 16.3 Å². The highest BCUT2D eigenvalue weighted by molar-refractivity contribution is 7.18. The molecule has 0 fully saturated rings. The van der Waals surface area contributed by atoms with Gasteiger partial charge in [-0.2, -0.15) is 0 Å².